The summed E-state index contributed by atoms with van der Waals surface area (Å²) in [5, 5.41) is 9.58. The van der Waals surface area contributed by atoms with Crippen molar-refractivity contribution in [3.05, 3.63) is 45.8 Å². The highest BCUT2D eigenvalue weighted by atomic mass is 31.2. The first-order valence-corrected chi connectivity index (χ1v) is 14.7. The molecule has 1 aromatic carbocycles. The number of rotatable bonds is 13. The van der Waals surface area contributed by atoms with Crippen molar-refractivity contribution in [1.29, 1.82) is 0 Å². The molecular weight excluding hydrogens is 545 g/mol. The number of phosphoric ester groups is 1. The Morgan fingerprint density at radius 2 is 1.68 bits per heavy atom. The van der Waals surface area contributed by atoms with E-state index in [0.29, 0.717) is 18.4 Å². The minimum atomic E-state index is -4.20. The van der Waals surface area contributed by atoms with Crippen LogP contribution in [-0.4, -0.2) is 86.6 Å². The highest BCUT2D eigenvalue weighted by Gasteiger charge is 2.43. The van der Waals surface area contributed by atoms with E-state index in [2.05, 4.69) is 4.85 Å². The van der Waals surface area contributed by atoms with Crippen molar-refractivity contribution < 1.29 is 51.8 Å². The third kappa shape index (κ3) is 8.82. The number of aryl methyl sites for hydroxylation is 2. The second-order valence-corrected chi connectivity index (χ2v) is 11.7. The van der Waals surface area contributed by atoms with Gasteiger partial charge in [0, 0.05) is 12.8 Å². The van der Waals surface area contributed by atoms with E-state index >= 15 is 0 Å². The van der Waals surface area contributed by atoms with E-state index in [9.17, 15) is 19.3 Å². The van der Waals surface area contributed by atoms with Gasteiger partial charge in [-0.1, -0.05) is 0 Å². The quantitative estimate of drug-likeness (QED) is 0.158. The van der Waals surface area contributed by atoms with Crippen LogP contribution in [-0.2, 0) is 41.9 Å². The van der Waals surface area contributed by atoms with Crippen molar-refractivity contribution in [3.8, 4) is 0 Å². The summed E-state index contributed by atoms with van der Waals surface area (Å²) in [5.74, 6) is -1.41. The molecule has 13 heteroatoms. The first-order valence-electron chi connectivity index (χ1n) is 13.2. The Balaban J connectivity index is 1.57. The van der Waals surface area contributed by atoms with Gasteiger partial charge in [0.25, 0.3) is 0 Å². The molecule has 1 N–H and O–H groups in total. The Morgan fingerprint density at radius 3 is 2.30 bits per heavy atom. The zero-order valence-corrected chi connectivity index (χ0v) is 24.4. The van der Waals surface area contributed by atoms with Gasteiger partial charge in [-0.05, 0) is 63.4 Å². The average molecular weight is 584 g/mol. The van der Waals surface area contributed by atoms with Crippen molar-refractivity contribution >= 4 is 19.8 Å². The lowest BCUT2D eigenvalue weighted by Gasteiger charge is -2.25. The molecule has 2 fully saturated rings. The maximum absolute atomic E-state index is 13.4. The van der Waals surface area contributed by atoms with Gasteiger partial charge in [-0.25, -0.2) is 20.7 Å². The maximum atomic E-state index is 13.4. The van der Waals surface area contributed by atoms with Crippen molar-refractivity contribution in [1.82, 2.24) is 0 Å². The Kier molecular flexibility index (Phi) is 11.7. The van der Waals surface area contributed by atoms with Crippen LogP contribution < -0.4 is 0 Å². The molecule has 0 aliphatic carbocycles. The van der Waals surface area contributed by atoms with Gasteiger partial charge in [0.15, 0.2) is 6.61 Å². The van der Waals surface area contributed by atoms with Gasteiger partial charge in [-0.3, -0.25) is 13.6 Å². The minimum Gasteiger partial charge on any atom is -0.457 e. The Labute approximate surface area is 234 Å². The zero-order chi connectivity index (χ0) is 29.4. The van der Waals surface area contributed by atoms with Crippen molar-refractivity contribution in [2.75, 3.05) is 33.0 Å². The van der Waals surface area contributed by atoms with E-state index in [1.807, 2.05) is 20.8 Å². The molecule has 0 aromatic heterocycles. The van der Waals surface area contributed by atoms with Crippen LogP contribution >= 0.6 is 7.82 Å². The maximum Gasteiger partial charge on any atom is 0.475 e. The average Bonchev–Trinajstić information content (AvgIpc) is 3.44. The highest BCUT2D eigenvalue weighted by molar-refractivity contribution is 7.48. The largest absolute Gasteiger partial charge is 0.475 e. The summed E-state index contributed by atoms with van der Waals surface area (Å²) in [6.07, 6.45) is -2.83. The molecule has 2 saturated heterocycles. The molecular formula is C27H38NO11P. The molecule has 222 valence electrons. The first kappa shape index (κ1) is 32.2. The molecule has 0 spiro atoms. The van der Waals surface area contributed by atoms with E-state index in [1.54, 1.807) is 26.0 Å². The standard InChI is InChI=1S/C27H38NO11P/c1-16-9-21(10-17(2)20(16)5)27(31)33-15-26(30)38-22-11-18(3)37-25(22)14-35-40(32,34-8-7-28-6)39-23-12-19(4)36-24(23)13-29/h9-10,18-19,22-25,29H,7-8,11-15H2,1-5H3. The van der Waals surface area contributed by atoms with E-state index in [0.717, 1.165) is 16.7 Å². The number of carbonyl (C=O) groups is 2. The summed E-state index contributed by atoms with van der Waals surface area (Å²) in [4.78, 5) is 28.2. The molecule has 0 saturated carbocycles. The summed E-state index contributed by atoms with van der Waals surface area (Å²) in [6, 6.07) is 3.41. The molecule has 12 nitrogen and oxygen atoms in total. The molecule has 3 rings (SSSR count). The van der Waals surface area contributed by atoms with E-state index in [4.69, 9.17) is 39.1 Å². The van der Waals surface area contributed by atoms with Crippen LogP contribution in [0.5, 0.6) is 0 Å². The number of phosphoric acid groups is 1. The summed E-state index contributed by atoms with van der Waals surface area (Å²) in [5.41, 5.74) is 3.30. The number of hydrogen-bond acceptors (Lipinski definition) is 11. The molecule has 40 heavy (non-hydrogen) atoms. The molecule has 7 unspecified atom stereocenters. The SMILES string of the molecule is [C-]#[N+]CCOP(=O)(OCC1OC(C)CC1OC(=O)COC(=O)c1cc(C)c(C)c(C)c1)OC1CC(C)OC1CO. The van der Waals surface area contributed by atoms with Gasteiger partial charge in [-0.2, -0.15) is 0 Å². The lowest BCUT2D eigenvalue weighted by atomic mass is 10.0. The van der Waals surface area contributed by atoms with Gasteiger partial charge >= 0.3 is 19.8 Å². The number of nitrogens with zero attached hydrogens (tertiary/aromatic N) is 1. The summed E-state index contributed by atoms with van der Waals surface area (Å²) in [6.45, 7) is 14.8. The van der Waals surface area contributed by atoms with Gasteiger partial charge in [0.2, 0.25) is 6.54 Å². The lowest BCUT2D eigenvalue weighted by Crippen LogP contribution is -2.33. The minimum absolute atomic E-state index is 0.0602. The second-order valence-electron chi connectivity index (χ2n) is 10.1. The molecule has 0 radical (unpaired) electrons. The molecule has 2 aliphatic rings. The number of ether oxygens (including phenoxy) is 4. The number of carbonyl (C=O) groups excluding carboxylic acids is 2. The molecule has 2 heterocycles. The predicted octanol–water partition coefficient (Wildman–Crippen LogP) is 3.47. The van der Waals surface area contributed by atoms with E-state index < -0.39 is 50.8 Å². The Hall–Kier alpha value is -2.36. The van der Waals surface area contributed by atoms with Crippen LogP contribution in [0.2, 0.25) is 0 Å². The summed E-state index contributed by atoms with van der Waals surface area (Å²) < 4.78 is 52.0. The molecule has 0 amide bonds. The number of benzene rings is 1. The molecule has 2 aliphatic heterocycles. The van der Waals surface area contributed by atoms with Gasteiger partial charge in [0.05, 0.1) is 31.0 Å². The normalized spacial score (nSPS) is 27.6. The smallest absolute Gasteiger partial charge is 0.457 e. The Bertz CT molecular complexity index is 1110. The van der Waals surface area contributed by atoms with Gasteiger partial charge < -0.3 is 28.9 Å². The zero-order valence-electron chi connectivity index (χ0n) is 23.5. The van der Waals surface area contributed by atoms with Gasteiger partial charge in [-0.15, -0.1) is 0 Å². The number of aliphatic hydroxyl groups is 1. The van der Waals surface area contributed by atoms with Crippen LogP contribution in [0.15, 0.2) is 12.1 Å². The molecule has 7 atom stereocenters. The van der Waals surface area contributed by atoms with Crippen molar-refractivity contribution in [3.63, 3.8) is 0 Å². The number of esters is 2. The fraction of sp³-hybridized carbons (Fsp3) is 0.667. The summed E-state index contributed by atoms with van der Waals surface area (Å²) >= 11 is 0. The van der Waals surface area contributed by atoms with Crippen LogP contribution in [0.25, 0.3) is 4.85 Å². The molecule has 1 aromatic rings. The number of hydrogen-bond donors (Lipinski definition) is 1. The third-order valence-corrected chi connectivity index (χ3v) is 8.33. The second kappa shape index (κ2) is 14.5. The van der Waals surface area contributed by atoms with Crippen molar-refractivity contribution in [2.45, 2.75) is 84.1 Å². The van der Waals surface area contributed by atoms with Crippen LogP contribution in [0.1, 0.15) is 53.7 Å². The van der Waals surface area contributed by atoms with Crippen molar-refractivity contribution in [2.24, 2.45) is 0 Å². The number of aliphatic hydroxyl groups excluding tert-OH is 1. The monoisotopic (exact) mass is 583 g/mol. The first-order chi connectivity index (χ1) is 18.9. The lowest BCUT2D eigenvalue weighted by molar-refractivity contribution is -0.156. The predicted molar refractivity (Wildman–Crippen MR) is 142 cm³/mol. The van der Waals surface area contributed by atoms with E-state index in [1.165, 1.54) is 0 Å². The van der Waals surface area contributed by atoms with Gasteiger partial charge in [0.1, 0.15) is 31.0 Å². The van der Waals surface area contributed by atoms with Crippen LogP contribution in [0.4, 0.5) is 0 Å². The fourth-order valence-electron chi connectivity index (χ4n) is 4.57. The Morgan fingerprint density at radius 1 is 1.05 bits per heavy atom. The van der Waals surface area contributed by atoms with Crippen LogP contribution in [0, 0.1) is 27.3 Å². The molecule has 0 bridgehead atoms. The highest BCUT2D eigenvalue weighted by Crippen LogP contribution is 2.53. The van der Waals surface area contributed by atoms with E-state index in [-0.39, 0.29) is 38.6 Å². The fourth-order valence-corrected chi connectivity index (χ4v) is 5.96. The third-order valence-electron chi connectivity index (χ3n) is 6.83. The van der Waals surface area contributed by atoms with Crippen LogP contribution in [0.3, 0.4) is 0 Å². The topological polar surface area (TPSA) is 140 Å². The summed E-state index contributed by atoms with van der Waals surface area (Å²) in [7, 11) is -4.20.